The van der Waals surface area contributed by atoms with Crippen LogP contribution in [0.15, 0.2) is 29.3 Å². The van der Waals surface area contributed by atoms with Gasteiger partial charge in [-0.15, -0.1) is 0 Å². The van der Waals surface area contributed by atoms with Crippen molar-refractivity contribution in [3.05, 3.63) is 30.1 Å². The summed E-state index contributed by atoms with van der Waals surface area (Å²) in [5, 5.41) is 3.31. The fourth-order valence-corrected chi connectivity index (χ4v) is 2.71. The first kappa shape index (κ1) is 21.9. The van der Waals surface area contributed by atoms with Gasteiger partial charge in [0, 0.05) is 34.3 Å². The van der Waals surface area contributed by atoms with Gasteiger partial charge in [0.1, 0.15) is 24.7 Å². The molecule has 1 aliphatic heterocycles. The predicted octanol–water partition coefficient (Wildman–Crippen LogP) is 1.74. The molecule has 2 rings (SSSR count). The lowest BCUT2D eigenvalue weighted by Crippen LogP contribution is -2.45. The zero-order valence-electron chi connectivity index (χ0n) is 17.0. The highest BCUT2D eigenvalue weighted by atomic mass is 19.1. The maximum Gasteiger partial charge on any atom is 0.243 e. The number of carbonyl (C=O) groups is 1. The standard InChI is InChI=1S/C20H31FN4O3/c1-24(2)19(26)15-23-20(22-14-18-6-4-5-12-27-18)25(3)11-13-28-17-9-7-16(21)8-10-17/h7-10,18H,4-6,11-15H2,1-3H3,(H,22,23). The summed E-state index contributed by atoms with van der Waals surface area (Å²) in [6, 6.07) is 5.92. The first-order valence-electron chi connectivity index (χ1n) is 9.65. The van der Waals surface area contributed by atoms with Crippen molar-refractivity contribution in [3.8, 4) is 5.75 Å². The third-order valence-electron chi connectivity index (χ3n) is 4.50. The monoisotopic (exact) mass is 394 g/mol. The SMILES string of the molecule is CN(C)C(=O)CN=C(NCC1CCCCO1)N(C)CCOc1ccc(F)cc1. The van der Waals surface area contributed by atoms with Crippen LogP contribution in [0.1, 0.15) is 19.3 Å². The molecular weight excluding hydrogens is 363 g/mol. The van der Waals surface area contributed by atoms with Crippen LogP contribution >= 0.6 is 0 Å². The number of hydrogen-bond acceptors (Lipinski definition) is 4. The molecule has 8 heteroatoms. The van der Waals surface area contributed by atoms with Crippen LogP contribution < -0.4 is 10.1 Å². The number of rotatable bonds is 8. The third-order valence-corrected chi connectivity index (χ3v) is 4.50. The lowest BCUT2D eigenvalue weighted by atomic mass is 10.1. The highest BCUT2D eigenvalue weighted by molar-refractivity contribution is 5.84. The Bertz CT molecular complexity index is 631. The molecule has 0 spiro atoms. The summed E-state index contributed by atoms with van der Waals surface area (Å²) in [6.07, 6.45) is 3.45. The fourth-order valence-electron chi connectivity index (χ4n) is 2.71. The Balaban J connectivity index is 1.88. The van der Waals surface area contributed by atoms with E-state index in [0.29, 0.717) is 31.4 Å². The summed E-state index contributed by atoms with van der Waals surface area (Å²) in [5.41, 5.74) is 0. The molecule has 0 radical (unpaired) electrons. The minimum Gasteiger partial charge on any atom is -0.492 e. The van der Waals surface area contributed by atoms with Gasteiger partial charge in [0.15, 0.2) is 5.96 Å². The summed E-state index contributed by atoms with van der Waals surface area (Å²) in [5.74, 6) is 0.884. The van der Waals surface area contributed by atoms with Crippen molar-refractivity contribution in [1.29, 1.82) is 0 Å². The number of nitrogens with zero attached hydrogens (tertiary/aromatic N) is 3. The summed E-state index contributed by atoms with van der Waals surface area (Å²) in [4.78, 5) is 19.8. The molecule has 1 aromatic rings. The van der Waals surface area contributed by atoms with E-state index in [1.165, 1.54) is 23.5 Å². The molecule has 1 aromatic carbocycles. The number of amides is 1. The van der Waals surface area contributed by atoms with Crippen LogP contribution in [-0.4, -0.2) is 81.8 Å². The van der Waals surface area contributed by atoms with Gasteiger partial charge in [0.05, 0.1) is 12.6 Å². The van der Waals surface area contributed by atoms with Gasteiger partial charge in [-0.05, 0) is 43.5 Å². The van der Waals surface area contributed by atoms with Gasteiger partial charge < -0.3 is 24.6 Å². The van der Waals surface area contributed by atoms with Gasteiger partial charge in [0.25, 0.3) is 0 Å². The molecule has 0 aliphatic carbocycles. The van der Waals surface area contributed by atoms with E-state index in [2.05, 4.69) is 10.3 Å². The third kappa shape index (κ3) is 7.72. The number of carbonyl (C=O) groups excluding carboxylic acids is 1. The maximum atomic E-state index is 13.0. The molecule has 1 heterocycles. The number of ether oxygens (including phenoxy) is 2. The molecule has 0 saturated carbocycles. The highest BCUT2D eigenvalue weighted by Gasteiger charge is 2.16. The van der Waals surface area contributed by atoms with E-state index in [4.69, 9.17) is 9.47 Å². The maximum absolute atomic E-state index is 13.0. The van der Waals surface area contributed by atoms with E-state index >= 15 is 0 Å². The van der Waals surface area contributed by atoms with Crippen molar-refractivity contribution in [2.24, 2.45) is 4.99 Å². The second kappa shape index (κ2) is 11.5. The minimum atomic E-state index is -0.293. The van der Waals surface area contributed by atoms with Crippen LogP contribution in [0.5, 0.6) is 5.75 Å². The Hall–Kier alpha value is -2.35. The Morgan fingerprint density at radius 2 is 2.04 bits per heavy atom. The average Bonchev–Trinajstić information content (AvgIpc) is 2.69. The molecule has 7 nitrogen and oxygen atoms in total. The van der Waals surface area contributed by atoms with Crippen molar-refractivity contribution in [2.45, 2.75) is 25.4 Å². The van der Waals surface area contributed by atoms with Gasteiger partial charge in [0.2, 0.25) is 5.91 Å². The quantitative estimate of drug-likeness (QED) is 0.537. The zero-order chi connectivity index (χ0) is 20.4. The Morgan fingerprint density at radius 3 is 2.68 bits per heavy atom. The molecule has 1 unspecified atom stereocenters. The van der Waals surface area contributed by atoms with Gasteiger partial charge in [-0.2, -0.15) is 0 Å². The smallest absolute Gasteiger partial charge is 0.243 e. The number of nitrogens with one attached hydrogen (secondary N) is 1. The fraction of sp³-hybridized carbons (Fsp3) is 0.600. The molecule has 1 fully saturated rings. The van der Waals surface area contributed by atoms with Crippen LogP contribution in [0.4, 0.5) is 4.39 Å². The molecule has 1 N–H and O–H groups in total. The van der Waals surface area contributed by atoms with E-state index in [9.17, 15) is 9.18 Å². The van der Waals surface area contributed by atoms with Crippen LogP contribution in [0, 0.1) is 5.82 Å². The first-order valence-corrected chi connectivity index (χ1v) is 9.65. The van der Waals surface area contributed by atoms with Crippen LogP contribution in [-0.2, 0) is 9.53 Å². The number of halogens is 1. The molecule has 0 bridgehead atoms. The van der Waals surface area contributed by atoms with E-state index in [-0.39, 0.29) is 24.4 Å². The number of benzene rings is 1. The van der Waals surface area contributed by atoms with E-state index < -0.39 is 0 Å². The number of hydrogen-bond donors (Lipinski definition) is 1. The Kier molecular flexibility index (Phi) is 9.00. The number of aliphatic imine (C=N–C) groups is 1. The molecule has 28 heavy (non-hydrogen) atoms. The van der Waals surface area contributed by atoms with E-state index in [0.717, 1.165) is 19.4 Å². The zero-order valence-corrected chi connectivity index (χ0v) is 17.0. The molecule has 0 aromatic heterocycles. The van der Waals surface area contributed by atoms with Gasteiger partial charge in [-0.25, -0.2) is 9.38 Å². The summed E-state index contributed by atoms with van der Waals surface area (Å²) < 4.78 is 24.4. The second-order valence-electron chi connectivity index (χ2n) is 7.02. The van der Waals surface area contributed by atoms with Crippen molar-refractivity contribution in [3.63, 3.8) is 0 Å². The topological polar surface area (TPSA) is 66.4 Å². The molecular formula is C20H31FN4O3. The summed E-state index contributed by atoms with van der Waals surface area (Å²) >= 11 is 0. The van der Waals surface area contributed by atoms with E-state index in [1.54, 1.807) is 26.2 Å². The molecule has 156 valence electrons. The molecule has 1 atom stereocenters. The van der Waals surface area contributed by atoms with Crippen molar-refractivity contribution < 1.29 is 18.7 Å². The summed E-state index contributed by atoms with van der Waals surface area (Å²) in [7, 11) is 5.31. The molecule has 1 aliphatic rings. The minimum absolute atomic E-state index is 0.0656. The van der Waals surface area contributed by atoms with Crippen molar-refractivity contribution in [2.75, 3.05) is 54.0 Å². The highest BCUT2D eigenvalue weighted by Crippen LogP contribution is 2.12. The van der Waals surface area contributed by atoms with Crippen LogP contribution in [0.2, 0.25) is 0 Å². The first-order chi connectivity index (χ1) is 13.5. The van der Waals surface area contributed by atoms with Crippen LogP contribution in [0.3, 0.4) is 0 Å². The lowest BCUT2D eigenvalue weighted by molar-refractivity contribution is -0.127. The van der Waals surface area contributed by atoms with Crippen LogP contribution in [0.25, 0.3) is 0 Å². The Morgan fingerprint density at radius 1 is 1.29 bits per heavy atom. The largest absolute Gasteiger partial charge is 0.492 e. The number of likely N-dealkylation sites (N-methyl/N-ethyl adjacent to an activating group) is 2. The van der Waals surface area contributed by atoms with Gasteiger partial charge >= 0.3 is 0 Å². The predicted molar refractivity (Wildman–Crippen MR) is 107 cm³/mol. The summed E-state index contributed by atoms with van der Waals surface area (Å²) in [6.45, 7) is 2.48. The molecule has 1 saturated heterocycles. The lowest BCUT2D eigenvalue weighted by Gasteiger charge is -2.27. The van der Waals surface area contributed by atoms with E-state index in [1.807, 2.05) is 11.9 Å². The van der Waals surface area contributed by atoms with Gasteiger partial charge in [-0.3, -0.25) is 4.79 Å². The van der Waals surface area contributed by atoms with Crippen molar-refractivity contribution in [1.82, 2.24) is 15.1 Å². The van der Waals surface area contributed by atoms with Gasteiger partial charge in [-0.1, -0.05) is 0 Å². The Labute approximate surface area is 166 Å². The average molecular weight is 394 g/mol. The van der Waals surface area contributed by atoms with Crippen molar-refractivity contribution >= 4 is 11.9 Å². The molecule has 1 amide bonds. The number of guanidine groups is 1. The second-order valence-corrected chi connectivity index (χ2v) is 7.02. The normalized spacial score (nSPS) is 17.1.